The molecular weight excluding hydrogens is 346 g/mol. The van der Waals surface area contributed by atoms with Gasteiger partial charge in [-0.05, 0) is 43.7 Å². The molecule has 1 N–H and O–H groups in total. The highest BCUT2D eigenvalue weighted by Crippen LogP contribution is 2.33. The fourth-order valence-corrected chi connectivity index (χ4v) is 4.00. The molecule has 1 saturated carbocycles. The van der Waals surface area contributed by atoms with E-state index in [0.29, 0.717) is 23.7 Å². The minimum absolute atomic E-state index is 0.149. The number of amides is 1. The van der Waals surface area contributed by atoms with Gasteiger partial charge in [0, 0.05) is 24.6 Å². The van der Waals surface area contributed by atoms with Crippen LogP contribution in [0.2, 0.25) is 0 Å². The Kier molecular flexibility index (Phi) is 6.29. The summed E-state index contributed by atoms with van der Waals surface area (Å²) in [7, 11) is 0. The number of hydrogen-bond acceptors (Lipinski definition) is 5. The van der Waals surface area contributed by atoms with Gasteiger partial charge >= 0.3 is 0 Å². The molecule has 1 aliphatic rings. The molecule has 2 aromatic rings. The predicted molar refractivity (Wildman–Crippen MR) is 101 cm³/mol. The smallest absolute Gasteiger partial charge is 0.251 e. The Morgan fingerprint density at radius 2 is 2.19 bits per heavy atom. The van der Waals surface area contributed by atoms with Gasteiger partial charge in [-0.25, -0.2) is 0 Å². The standard InChI is InChI=1S/C19H23N5OS/c1-26-19-23-22-17(24(19)16-8-2-3-9-16)10-5-11-21-18(25)15-7-4-6-14(12-15)13-20/h4,6-7,12,16H,2-3,5,8-11H2,1H3,(H,21,25). The van der Waals surface area contributed by atoms with Crippen LogP contribution in [0, 0.1) is 11.3 Å². The van der Waals surface area contributed by atoms with E-state index in [9.17, 15) is 4.79 Å². The molecule has 0 bridgehead atoms. The van der Waals surface area contributed by atoms with Crippen LogP contribution in [0.3, 0.4) is 0 Å². The van der Waals surface area contributed by atoms with Gasteiger partial charge in [-0.1, -0.05) is 30.7 Å². The molecule has 1 aromatic carbocycles. The van der Waals surface area contributed by atoms with Gasteiger partial charge < -0.3 is 9.88 Å². The Morgan fingerprint density at radius 3 is 2.92 bits per heavy atom. The molecule has 1 fully saturated rings. The lowest BCUT2D eigenvalue weighted by Gasteiger charge is -2.16. The molecule has 0 atom stereocenters. The van der Waals surface area contributed by atoms with Crippen molar-refractivity contribution in [3.05, 3.63) is 41.2 Å². The van der Waals surface area contributed by atoms with Gasteiger partial charge in [0.15, 0.2) is 5.16 Å². The molecule has 1 aliphatic carbocycles. The minimum atomic E-state index is -0.149. The number of carbonyl (C=O) groups excluding carboxylic acids is 1. The number of thioether (sulfide) groups is 1. The third-order valence-electron chi connectivity index (χ3n) is 4.72. The summed E-state index contributed by atoms with van der Waals surface area (Å²) in [6.07, 6.45) is 8.58. The van der Waals surface area contributed by atoms with Crippen LogP contribution in [0.5, 0.6) is 0 Å². The SMILES string of the molecule is CSc1nnc(CCCNC(=O)c2cccc(C#N)c2)n1C1CCCC1. The Balaban J connectivity index is 1.54. The Morgan fingerprint density at radius 1 is 1.38 bits per heavy atom. The van der Waals surface area contributed by atoms with Crippen molar-refractivity contribution in [1.82, 2.24) is 20.1 Å². The fourth-order valence-electron chi connectivity index (χ4n) is 3.43. The highest BCUT2D eigenvalue weighted by Gasteiger charge is 2.23. The van der Waals surface area contributed by atoms with E-state index in [-0.39, 0.29) is 5.91 Å². The Labute approximate surface area is 158 Å². The lowest BCUT2D eigenvalue weighted by atomic mass is 10.1. The van der Waals surface area contributed by atoms with Crippen LogP contribution < -0.4 is 5.32 Å². The molecule has 3 rings (SSSR count). The first kappa shape index (κ1) is 18.5. The summed E-state index contributed by atoms with van der Waals surface area (Å²) in [6.45, 7) is 0.571. The van der Waals surface area contributed by atoms with Crippen molar-refractivity contribution in [3.8, 4) is 6.07 Å². The zero-order valence-corrected chi connectivity index (χ0v) is 15.8. The van der Waals surface area contributed by atoms with Crippen molar-refractivity contribution in [3.63, 3.8) is 0 Å². The molecule has 0 radical (unpaired) electrons. The highest BCUT2D eigenvalue weighted by atomic mass is 32.2. The number of hydrogen-bond donors (Lipinski definition) is 1. The summed E-state index contributed by atoms with van der Waals surface area (Å²) in [5.74, 6) is 0.867. The first-order valence-corrected chi connectivity index (χ1v) is 10.2. The average Bonchev–Trinajstić information content (AvgIpc) is 3.34. The van der Waals surface area contributed by atoms with Gasteiger partial charge in [-0.3, -0.25) is 4.79 Å². The third-order valence-corrected chi connectivity index (χ3v) is 5.37. The van der Waals surface area contributed by atoms with Crippen molar-refractivity contribution >= 4 is 17.7 Å². The quantitative estimate of drug-likeness (QED) is 0.598. The van der Waals surface area contributed by atoms with Crippen LogP contribution >= 0.6 is 11.8 Å². The molecule has 26 heavy (non-hydrogen) atoms. The maximum atomic E-state index is 12.2. The number of aryl methyl sites for hydroxylation is 1. The van der Waals surface area contributed by atoms with Crippen molar-refractivity contribution < 1.29 is 4.79 Å². The normalized spacial score (nSPS) is 14.3. The number of aromatic nitrogens is 3. The van der Waals surface area contributed by atoms with Gasteiger partial charge in [0.25, 0.3) is 5.91 Å². The molecular formula is C19H23N5OS. The van der Waals surface area contributed by atoms with E-state index in [2.05, 4.69) is 26.2 Å². The largest absolute Gasteiger partial charge is 0.352 e. The summed E-state index contributed by atoms with van der Waals surface area (Å²) in [6, 6.07) is 9.31. The van der Waals surface area contributed by atoms with E-state index in [4.69, 9.17) is 5.26 Å². The molecule has 136 valence electrons. The van der Waals surface area contributed by atoms with Crippen LogP contribution in [0.1, 0.15) is 59.9 Å². The maximum Gasteiger partial charge on any atom is 0.251 e. The third kappa shape index (κ3) is 4.25. The maximum absolute atomic E-state index is 12.2. The van der Waals surface area contributed by atoms with E-state index in [1.165, 1.54) is 25.7 Å². The van der Waals surface area contributed by atoms with Crippen LogP contribution in [-0.2, 0) is 6.42 Å². The van der Waals surface area contributed by atoms with Gasteiger partial charge in [-0.2, -0.15) is 5.26 Å². The van der Waals surface area contributed by atoms with Crippen molar-refractivity contribution in [2.24, 2.45) is 0 Å². The lowest BCUT2D eigenvalue weighted by molar-refractivity contribution is 0.0953. The second-order valence-corrected chi connectivity index (χ2v) is 7.24. The molecule has 6 nitrogen and oxygen atoms in total. The van der Waals surface area contributed by atoms with E-state index in [1.807, 2.05) is 6.26 Å². The second-order valence-electron chi connectivity index (χ2n) is 6.46. The molecule has 1 heterocycles. The van der Waals surface area contributed by atoms with Crippen LogP contribution in [0.4, 0.5) is 0 Å². The minimum Gasteiger partial charge on any atom is -0.352 e. The van der Waals surface area contributed by atoms with Crippen molar-refractivity contribution in [2.75, 3.05) is 12.8 Å². The average molecular weight is 369 g/mol. The zero-order valence-electron chi connectivity index (χ0n) is 14.9. The Hall–Kier alpha value is -2.33. The first-order valence-electron chi connectivity index (χ1n) is 8.99. The van der Waals surface area contributed by atoms with Gasteiger partial charge in [0.2, 0.25) is 0 Å². The molecule has 7 heteroatoms. The summed E-state index contributed by atoms with van der Waals surface area (Å²) >= 11 is 1.64. The molecule has 0 spiro atoms. The highest BCUT2D eigenvalue weighted by molar-refractivity contribution is 7.98. The number of rotatable bonds is 7. The van der Waals surface area contributed by atoms with Gasteiger partial charge in [-0.15, -0.1) is 10.2 Å². The topological polar surface area (TPSA) is 83.6 Å². The summed E-state index contributed by atoms with van der Waals surface area (Å²) in [5.41, 5.74) is 1.01. The monoisotopic (exact) mass is 369 g/mol. The van der Waals surface area contributed by atoms with E-state index >= 15 is 0 Å². The lowest BCUT2D eigenvalue weighted by Crippen LogP contribution is -2.25. The zero-order chi connectivity index (χ0) is 18.4. The number of benzene rings is 1. The summed E-state index contributed by atoms with van der Waals surface area (Å²) in [4.78, 5) is 12.2. The van der Waals surface area contributed by atoms with E-state index in [0.717, 1.165) is 23.8 Å². The predicted octanol–water partition coefficient (Wildman–Crippen LogP) is 3.35. The number of nitrogens with zero attached hydrogens (tertiary/aromatic N) is 4. The molecule has 1 aromatic heterocycles. The second kappa shape index (κ2) is 8.86. The van der Waals surface area contributed by atoms with Gasteiger partial charge in [0.1, 0.15) is 5.82 Å². The first-order chi connectivity index (χ1) is 12.7. The van der Waals surface area contributed by atoms with E-state index < -0.39 is 0 Å². The molecule has 0 aliphatic heterocycles. The van der Waals surface area contributed by atoms with E-state index in [1.54, 1.807) is 36.0 Å². The molecule has 0 unspecified atom stereocenters. The fraction of sp³-hybridized carbons (Fsp3) is 0.474. The van der Waals surface area contributed by atoms with Crippen molar-refractivity contribution in [2.45, 2.75) is 49.7 Å². The van der Waals surface area contributed by atoms with Crippen LogP contribution in [0.15, 0.2) is 29.4 Å². The van der Waals surface area contributed by atoms with Gasteiger partial charge in [0.05, 0.1) is 11.6 Å². The Bertz CT molecular complexity index is 805. The van der Waals surface area contributed by atoms with Crippen molar-refractivity contribution in [1.29, 1.82) is 5.26 Å². The van der Waals surface area contributed by atoms with Crippen LogP contribution in [-0.4, -0.2) is 33.5 Å². The number of nitrogens with one attached hydrogen (secondary N) is 1. The molecule has 0 saturated heterocycles. The number of nitriles is 1. The molecule has 1 amide bonds. The summed E-state index contributed by atoms with van der Waals surface area (Å²) < 4.78 is 2.30. The van der Waals surface area contributed by atoms with Crippen LogP contribution in [0.25, 0.3) is 0 Å². The summed E-state index contributed by atoms with van der Waals surface area (Å²) in [5, 5.41) is 21.5. The number of carbonyl (C=O) groups is 1.